The highest BCUT2D eigenvalue weighted by atomic mass is 32.2. The minimum atomic E-state index is -3.89. The van der Waals surface area contributed by atoms with Gasteiger partial charge >= 0.3 is 13.1 Å². The first-order valence-electron chi connectivity index (χ1n) is 9.35. The maximum absolute atomic E-state index is 13.2. The Labute approximate surface area is 160 Å². The molecule has 2 rings (SSSR count). The Hall–Kier alpha value is -0.755. The fraction of sp³-hybridized carbons (Fsp3) is 0.933. The van der Waals surface area contributed by atoms with Crippen molar-refractivity contribution in [3.05, 3.63) is 0 Å². The molecule has 1 saturated heterocycles. The first-order chi connectivity index (χ1) is 12.4. The number of carboxylic acids is 1. The number of rotatable bonds is 10. The van der Waals surface area contributed by atoms with Gasteiger partial charge in [0.05, 0.1) is 0 Å². The molecule has 1 saturated carbocycles. The van der Waals surface area contributed by atoms with E-state index in [9.17, 15) is 13.2 Å². The summed E-state index contributed by atoms with van der Waals surface area (Å²) < 4.78 is 29.0. The molecule has 156 valence electrons. The molecular formula is C15H31BN4O6S. The van der Waals surface area contributed by atoms with Crippen LogP contribution in [0.2, 0.25) is 6.32 Å². The van der Waals surface area contributed by atoms with Crippen molar-refractivity contribution in [1.82, 2.24) is 8.61 Å². The standard InChI is InChI=1S/C15H31BN4O6S/c1-15(18)10-19(8-11(15)4-3-7-16(23)24)27(25,26)20(12-5-2-6-12)9-13(17)14(21)22/h11-13,23-24H,2-10,17-18H2,1H3,(H,21,22)/t11-,13?,15-/m0/s1. The maximum Gasteiger partial charge on any atom is 0.451 e. The number of aliphatic carboxylic acids is 1. The molecule has 0 aromatic carbocycles. The quantitative estimate of drug-likeness (QED) is 0.270. The molecule has 12 heteroatoms. The van der Waals surface area contributed by atoms with Gasteiger partial charge in [-0.05, 0) is 38.4 Å². The van der Waals surface area contributed by atoms with Gasteiger partial charge in [0.2, 0.25) is 0 Å². The van der Waals surface area contributed by atoms with Crippen molar-refractivity contribution < 1.29 is 28.4 Å². The number of carbonyl (C=O) groups is 1. The summed E-state index contributed by atoms with van der Waals surface area (Å²) in [6, 6.07) is -1.51. The first-order valence-corrected chi connectivity index (χ1v) is 10.7. The second-order valence-electron chi connectivity index (χ2n) is 8.01. The minimum Gasteiger partial charge on any atom is -0.480 e. The summed E-state index contributed by atoms with van der Waals surface area (Å²) in [6.45, 7) is 1.89. The molecule has 1 heterocycles. The molecule has 1 aliphatic carbocycles. The fourth-order valence-electron chi connectivity index (χ4n) is 3.70. The predicted octanol–water partition coefficient (Wildman–Crippen LogP) is -1.60. The Kier molecular flexibility index (Phi) is 7.28. The molecule has 2 aliphatic rings. The second-order valence-corrected chi connectivity index (χ2v) is 9.89. The molecule has 3 atom stereocenters. The Morgan fingerprint density at radius 3 is 2.52 bits per heavy atom. The van der Waals surface area contributed by atoms with E-state index in [0.29, 0.717) is 25.7 Å². The molecule has 0 radical (unpaired) electrons. The molecule has 0 bridgehead atoms. The zero-order valence-electron chi connectivity index (χ0n) is 15.7. The number of hydrogen-bond donors (Lipinski definition) is 5. The topological polar surface area (TPSA) is 170 Å². The van der Waals surface area contributed by atoms with Crippen LogP contribution in [0.3, 0.4) is 0 Å². The lowest BCUT2D eigenvalue weighted by Gasteiger charge is -2.39. The van der Waals surface area contributed by atoms with Crippen LogP contribution in [0.15, 0.2) is 0 Å². The summed E-state index contributed by atoms with van der Waals surface area (Å²) in [7, 11) is -5.28. The Morgan fingerprint density at radius 1 is 1.41 bits per heavy atom. The molecule has 7 N–H and O–H groups in total. The van der Waals surface area contributed by atoms with Crippen LogP contribution < -0.4 is 11.5 Å². The van der Waals surface area contributed by atoms with E-state index in [-0.39, 0.29) is 37.9 Å². The van der Waals surface area contributed by atoms with Crippen LogP contribution in [0.5, 0.6) is 0 Å². The maximum atomic E-state index is 13.2. The Morgan fingerprint density at radius 2 is 2.04 bits per heavy atom. The van der Waals surface area contributed by atoms with Gasteiger partial charge < -0.3 is 26.6 Å². The van der Waals surface area contributed by atoms with Crippen LogP contribution in [0.25, 0.3) is 0 Å². The van der Waals surface area contributed by atoms with Crippen LogP contribution in [0.1, 0.15) is 39.0 Å². The zero-order valence-corrected chi connectivity index (χ0v) is 16.5. The van der Waals surface area contributed by atoms with Crippen LogP contribution >= 0.6 is 0 Å². The number of nitrogens with two attached hydrogens (primary N) is 2. The van der Waals surface area contributed by atoms with Gasteiger partial charge in [0.25, 0.3) is 10.2 Å². The van der Waals surface area contributed by atoms with Gasteiger partial charge in [-0.3, -0.25) is 4.79 Å². The largest absolute Gasteiger partial charge is 0.480 e. The molecule has 0 amide bonds. The smallest absolute Gasteiger partial charge is 0.451 e. The molecule has 1 unspecified atom stereocenters. The summed E-state index contributed by atoms with van der Waals surface area (Å²) >= 11 is 0. The molecule has 0 aromatic heterocycles. The lowest BCUT2D eigenvalue weighted by molar-refractivity contribution is -0.138. The van der Waals surface area contributed by atoms with Crippen molar-refractivity contribution in [1.29, 1.82) is 0 Å². The zero-order chi connectivity index (χ0) is 20.4. The van der Waals surface area contributed by atoms with Gasteiger partial charge in [0.15, 0.2) is 0 Å². The highest BCUT2D eigenvalue weighted by Gasteiger charge is 2.48. The van der Waals surface area contributed by atoms with Crippen molar-refractivity contribution in [2.24, 2.45) is 17.4 Å². The molecule has 0 aromatic rings. The van der Waals surface area contributed by atoms with Crippen LogP contribution in [0, 0.1) is 5.92 Å². The van der Waals surface area contributed by atoms with E-state index in [2.05, 4.69) is 0 Å². The van der Waals surface area contributed by atoms with E-state index in [0.717, 1.165) is 6.42 Å². The number of carboxylic acid groups (broad SMARTS) is 1. The van der Waals surface area contributed by atoms with Gasteiger partial charge in [0.1, 0.15) is 6.04 Å². The van der Waals surface area contributed by atoms with Crippen molar-refractivity contribution in [3.8, 4) is 0 Å². The molecule has 0 spiro atoms. The lowest BCUT2D eigenvalue weighted by Crippen LogP contribution is -2.56. The highest BCUT2D eigenvalue weighted by molar-refractivity contribution is 7.86. The van der Waals surface area contributed by atoms with E-state index in [1.807, 2.05) is 0 Å². The Balaban J connectivity index is 2.11. The SMILES string of the molecule is C[C@]1(N)CN(S(=O)(=O)N(CC(N)C(=O)O)C2CCC2)C[C@@H]1CCCB(O)O. The van der Waals surface area contributed by atoms with Gasteiger partial charge in [-0.2, -0.15) is 17.0 Å². The third kappa shape index (κ3) is 5.40. The third-order valence-electron chi connectivity index (χ3n) is 5.69. The van der Waals surface area contributed by atoms with E-state index in [1.165, 1.54) is 8.61 Å². The summed E-state index contributed by atoms with van der Waals surface area (Å²) in [5.74, 6) is -1.36. The summed E-state index contributed by atoms with van der Waals surface area (Å²) in [4.78, 5) is 11.1. The number of nitrogens with zero attached hydrogens (tertiary/aromatic N) is 2. The van der Waals surface area contributed by atoms with Gasteiger partial charge in [-0.1, -0.05) is 12.8 Å². The third-order valence-corrected chi connectivity index (χ3v) is 7.66. The summed E-state index contributed by atoms with van der Waals surface area (Å²) in [6.07, 6.45) is 3.60. The van der Waals surface area contributed by atoms with Crippen LogP contribution in [-0.2, 0) is 15.0 Å². The van der Waals surface area contributed by atoms with Crippen molar-refractivity contribution in [2.75, 3.05) is 19.6 Å². The van der Waals surface area contributed by atoms with E-state index >= 15 is 0 Å². The Bertz CT molecular complexity index is 628. The van der Waals surface area contributed by atoms with E-state index < -0.39 is 34.9 Å². The van der Waals surface area contributed by atoms with Crippen molar-refractivity contribution in [2.45, 2.75) is 63.0 Å². The molecular weight excluding hydrogens is 375 g/mol. The van der Waals surface area contributed by atoms with Gasteiger partial charge in [-0.25, -0.2) is 0 Å². The second kappa shape index (κ2) is 8.72. The number of hydrogen-bond acceptors (Lipinski definition) is 7. The fourth-order valence-corrected chi connectivity index (χ4v) is 5.74. The van der Waals surface area contributed by atoms with Gasteiger partial charge in [-0.15, -0.1) is 0 Å². The summed E-state index contributed by atoms with van der Waals surface area (Å²) in [5.41, 5.74) is 11.2. The average Bonchev–Trinajstić information content (AvgIpc) is 2.80. The molecule has 2 fully saturated rings. The normalized spacial score (nSPS) is 28.3. The molecule has 10 nitrogen and oxygen atoms in total. The molecule has 27 heavy (non-hydrogen) atoms. The van der Waals surface area contributed by atoms with Gasteiger partial charge in [0, 0.05) is 31.2 Å². The minimum absolute atomic E-state index is 0.123. The van der Waals surface area contributed by atoms with Crippen LogP contribution in [0.4, 0.5) is 0 Å². The van der Waals surface area contributed by atoms with Crippen molar-refractivity contribution in [3.63, 3.8) is 0 Å². The summed E-state index contributed by atoms with van der Waals surface area (Å²) in [5, 5.41) is 27.1. The highest BCUT2D eigenvalue weighted by Crippen LogP contribution is 2.35. The van der Waals surface area contributed by atoms with E-state index in [1.54, 1.807) is 6.92 Å². The van der Waals surface area contributed by atoms with Crippen molar-refractivity contribution >= 4 is 23.3 Å². The van der Waals surface area contributed by atoms with Crippen LogP contribution in [-0.4, -0.2) is 82.5 Å². The first kappa shape index (κ1) is 22.5. The average molecular weight is 406 g/mol. The molecule has 1 aliphatic heterocycles. The monoisotopic (exact) mass is 406 g/mol. The van der Waals surface area contributed by atoms with E-state index in [4.69, 9.17) is 26.6 Å². The predicted molar refractivity (Wildman–Crippen MR) is 101 cm³/mol. The lowest BCUT2D eigenvalue weighted by atomic mass is 9.79.